The number of anilines is 2. The Labute approximate surface area is 199 Å². The first-order chi connectivity index (χ1) is 16.0. The van der Waals surface area contributed by atoms with E-state index in [1.165, 1.54) is 61.9 Å². The molecular formula is C27H43N3O3. The highest BCUT2D eigenvalue weighted by atomic mass is 16.5. The normalized spacial score (nSPS) is 24.2. The van der Waals surface area contributed by atoms with Gasteiger partial charge < -0.3 is 24.5 Å². The van der Waals surface area contributed by atoms with Gasteiger partial charge >= 0.3 is 6.09 Å². The maximum absolute atomic E-state index is 11.4. The smallest absolute Gasteiger partial charge is 0.407 e. The van der Waals surface area contributed by atoms with Crippen molar-refractivity contribution in [3.05, 3.63) is 23.8 Å². The van der Waals surface area contributed by atoms with Gasteiger partial charge in [0.2, 0.25) is 0 Å². The summed E-state index contributed by atoms with van der Waals surface area (Å²) >= 11 is 0. The molecule has 4 rings (SSSR count). The van der Waals surface area contributed by atoms with Crippen LogP contribution in [0.4, 0.5) is 16.2 Å². The second-order valence-corrected chi connectivity index (χ2v) is 10.4. The maximum atomic E-state index is 11.4. The number of piperazine rings is 1. The zero-order valence-corrected chi connectivity index (χ0v) is 20.9. The fourth-order valence-corrected chi connectivity index (χ4v) is 6.36. The Morgan fingerprint density at radius 1 is 1.03 bits per heavy atom. The molecule has 1 aliphatic carbocycles. The van der Waals surface area contributed by atoms with Crippen LogP contribution >= 0.6 is 0 Å². The lowest BCUT2D eigenvalue weighted by atomic mass is 9.66. The van der Waals surface area contributed by atoms with Crippen LogP contribution in [0.1, 0.15) is 76.7 Å². The number of piperidine rings is 1. The van der Waals surface area contributed by atoms with E-state index in [4.69, 9.17) is 4.74 Å². The van der Waals surface area contributed by atoms with Gasteiger partial charge in [0.05, 0.1) is 6.10 Å². The summed E-state index contributed by atoms with van der Waals surface area (Å²) in [6.07, 6.45) is 9.55. The van der Waals surface area contributed by atoms with Gasteiger partial charge in [-0.05, 0) is 73.6 Å². The highest BCUT2D eigenvalue weighted by Gasteiger charge is 2.34. The first kappa shape index (κ1) is 24.2. The van der Waals surface area contributed by atoms with E-state index in [-0.39, 0.29) is 0 Å². The van der Waals surface area contributed by atoms with Crippen LogP contribution in [-0.2, 0) is 4.74 Å². The van der Waals surface area contributed by atoms with E-state index in [9.17, 15) is 9.90 Å². The van der Waals surface area contributed by atoms with Crippen LogP contribution in [0.3, 0.4) is 0 Å². The lowest BCUT2D eigenvalue weighted by molar-refractivity contribution is 0.0893. The van der Waals surface area contributed by atoms with E-state index in [0.717, 1.165) is 32.6 Å². The molecule has 1 aromatic rings. The van der Waals surface area contributed by atoms with Gasteiger partial charge in [0.1, 0.15) is 0 Å². The van der Waals surface area contributed by atoms with E-state index in [1.807, 2.05) is 7.11 Å². The number of benzene rings is 1. The summed E-state index contributed by atoms with van der Waals surface area (Å²) < 4.78 is 5.68. The third-order valence-corrected chi connectivity index (χ3v) is 8.96. The Hall–Kier alpha value is -1.95. The minimum Gasteiger partial charge on any atom is -0.465 e. The number of carbonyl (C=O) groups is 1. The molecule has 33 heavy (non-hydrogen) atoms. The summed E-state index contributed by atoms with van der Waals surface area (Å²) in [4.78, 5) is 17.9. The zero-order valence-electron chi connectivity index (χ0n) is 20.9. The van der Waals surface area contributed by atoms with Gasteiger partial charge in [-0.1, -0.05) is 26.7 Å². The fraction of sp³-hybridized carbons (Fsp3) is 0.741. The predicted octanol–water partition coefficient (Wildman–Crippen LogP) is 5.57. The average molecular weight is 458 g/mol. The van der Waals surface area contributed by atoms with Crippen LogP contribution in [0.25, 0.3) is 0 Å². The minimum absolute atomic E-state index is 0.315. The van der Waals surface area contributed by atoms with Gasteiger partial charge in [0.25, 0.3) is 0 Å². The van der Waals surface area contributed by atoms with Crippen LogP contribution in [0.5, 0.6) is 0 Å². The molecule has 1 amide bonds. The molecule has 2 saturated heterocycles. The second-order valence-electron chi connectivity index (χ2n) is 10.4. The Kier molecular flexibility index (Phi) is 7.72. The summed E-state index contributed by atoms with van der Waals surface area (Å²) in [5, 5.41) is 9.36. The first-order valence-electron chi connectivity index (χ1n) is 13.1. The fourth-order valence-electron chi connectivity index (χ4n) is 6.36. The van der Waals surface area contributed by atoms with Crippen LogP contribution in [-0.4, -0.2) is 68.6 Å². The number of carboxylic acid groups (broad SMARTS) is 1. The molecule has 1 saturated carbocycles. The van der Waals surface area contributed by atoms with E-state index in [0.29, 0.717) is 30.5 Å². The molecule has 6 nitrogen and oxygen atoms in total. The lowest BCUT2D eigenvalue weighted by Crippen LogP contribution is -2.48. The van der Waals surface area contributed by atoms with Crippen LogP contribution in [0, 0.1) is 5.41 Å². The summed E-state index contributed by atoms with van der Waals surface area (Å²) in [6.45, 7) is 9.49. The summed E-state index contributed by atoms with van der Waals surface area (Å²) in [6, 6.07) is 7.07. The van der Waals surface area contributed by atoms with Crippen molar-refractivity contribution >= 4 is 17.5 Å². The molecule has 0 aromatic heterocycles. The number of rotatable bonds is 6. The monoisotopic (exact) mass is 457 g/mol. The largest absolute Gasteiger partial charge is 0.465 e. The Morgan fingerprint density at radius 3 is 2.33 bits per heavy atom. The molecule has 1 N–H and O–H groups in total. The third kappa shape index (κ3) is 5.26. The van der Waals surface area contributed by atoms with Crippen LogP contribution < -0.4 is 9.80 Å². The van der Waals surface area contributed by atoms with Crippen molar-refractivity contribution in [2.75, 3.05) is 56.2 Å². The van der Waals surface area contributed by atoms with Crippen molar-refractivity contribution in [3.63, 3.8) is 0 Å². The van der Waals surface area contributed by atoms with Gasteiger partial charge in [-0.15, -0.1) is 0 Å². The molecule has 184 valence electrons. The van der Waals surface area contributed by atoms with E-state index < -0.39 is 6.09 Å². The molecule has 2 aliphatic heterocycles. The highest BCUT2D eigenvalue weighted by Crippen LogP contribution is 2.49. The summed E-state index contributed by atoms with van der Waals surface area (Å²) in [5.74, 6) is 0.590. The van der Waals surface area contributed by atoms with Crippen molar-refractivity contribution in [3.8, 4) is 0 Å². The highest BCUT2D eigenvalue weighted by molar-refractivity contribution is 5.67. The molecule has 0 unspecified atom stereocenters. The topological polar surface area (TPSA) is 56.2 Å². The Balaban J connectivity index is 1.59. The SMILES string of the molecule is CCC1(CC)CCC(c2cc(N3CCC[C@H](OC)C3)ccc2N2CCN(C(=O)O)CC2)CC1. The average Bonchev–Trinajstić information content (AvgIpc) is 2.88. The Bertz CT molecular complexity index is 792. The molecule has 0 spiro atoms. The minimum atomic E-state index is -0.800. The van der Waals surface area contributed by atoms with Crippen LogP contribution in [0.2, 0.25) is 0 Å². The molecule has 6 heteroatoms. The van der Waals surface area contributed by atoms with Crippen molar-refractivity contribution in [1.82, 2.24) is 4.90 Å². The van der Waals surface area contributed by atoms with Crippen molar-refractivity contribution in [2.24, 2.45) is 5.41 Å². The number of hydrogen-bond donors (Lipinski definition) is 1. The summed E-state index contributed by atoms with van der Waals surface area (Å²) in [7, 11) is 1.83. The molecule has 2 heterocycles. The number of nitrogens with zero attached hydrogens (tertiary/aromatic N) is 3. The molecule has 3 aliphatic rings. The first-order valence-corrected chi connectivity index (χ1v) is 13.1. The van der Waals surface area contributed by atoms with E-state index in [1.54, 1.807) is 4.90 Å². The van der Waals surface area contributed by atoms with Gasteiger partial charge in [-0.3, -0.25) is 0 Å². The third-order valence-electron chi connectivity index (χ3n) is 8.96. The van der Waals surface area contributed by atoms with Crippen LogP contribution in [0.15, 0.2) is 18.2 Å². The van der Waals surface area contributed by atoms with Crippen molar-refractivity contribution in [2.45, 2.75) is 77.2 Å². The number of ether oxygens (including phenoxy) is 1. The van der Waals surface area contributed by atoms with Gasteiger partial charge in [-0.2, -0.15) is 0 Å². The van der Waals surface area contributed by atoms with Gasteiger partial charge in [0, 0.05) is 57.8 Å². The second kappa shape index (κ2) is 10.5. The Morgan fingerprint density at radius 2 is 1.73 bits per heavy atom. The zero-order chi connectivity index (χ0) is 23.4. The van der Waals surface area contributed by atoms with Crippen molar-refractivity contribution in [1.29, 1.82) is 0 Å². The van der Waals surface area contributed by atoms with Gasteiger partial charge in [-0.25, -0.2) is 4.79 Å². The standard InChI is InChI=1S/C27H43N3O3/c1-4-27(5-2)12-10-21(11-13-27)24-19-22(30-14-6-7-23(20-30)33-3)8-9-25(24)28-15-17-29(18-16-28)26(31)32/h8-9,19,21,23H,4-7,10-18,20H2,1-3H3,(H,31,32)/t23-/m0/s1. The van der Waals surface area contributed by atoms with E-state index >= 15 is 0 Å². The van der Waals surface area contributed by atoms with Gasteiger partial charge in [0.15, 0.2) is 0 Å². The molecule has 1 aromatic carbocycles. The summed E-state index contributed by atoms with van der Waals surface area (Å²) in [5.41, 5.74) is 4.66. The predicted molar refractivity (Wildman–Crippen MR) is 135 cm³/mol. The molecule has 3 fully saturated rings. The molecule has 0 radical (unpaired) electrons. The van der Waals surface area contributed by atoms with Crippen molar-refractivity contribution < 1.29 is 14.6 Å². The number of methoxy groups -OCH3 is 1. The molecule has 1 atom stereocenters. The molecule has 0 bridgehead atoms. The quantitative estimate of drug-likeness (QED) is 0.606. The lowest BCUT2D eigenvalue weighted by Gasteiger charge is -2.42. The van der Waals surface area contributed by atoms with E-state index in [2.05, 4.69) is 41.8 Å². The number of hydrogen-bond acceptors (Lipinski definition) is 4. The maximum Gasteiger partial charge on any atom is 0.407 e. The molecular weight excluding hydrogens is 414 g/mol. The number of amides is 1.